The molecule has 2 aromatic heterocycles. The number of hydrogen-bond donors (Lipinski definition) is 2. The van der Waals surface area contributed by atoms with Gasteiger partial charge in [0.05, 0.1) is 15.3 Å². The van der Waals surface area contributed by atoms with Crippen LogP contribution in [-0.4, -0.2) is 32.6 Å². The molecule has 1 aliphatic carbocycles. The number of hydrogen-bond acceptors (Lipinski definition) is 4. The van der Waals surface area contributed by atoms with Gasteiger partial charge in [0.25, 0.3) is 5.56 Å². The van der Waals surface area contributed by atoms with Gasteiger partial charge in [0.1, 0.15) is 10.5 Å². The van der Waals surface area contributed by atoms with Gasteiger partial charge in [-0.15, -0.1) is 11.3 Å². The lowest BCUT2D eigenvalue weighted by Crippen LogP contribution is -2.40. The van der Waals surface area contributed by atoms with Crippen molar-refractivity contribution >= 4 is 43.6 Å². The zero-order valence-corrected chi connectivity index (χ0v) is 16.0. The molecule has 6 nitrogen and oxygen atoms in total. The normalized spacial score (nSPS) is 29.1. The highest BCUT2D eigenvalue weighted by Crippen LogP contribution is 2.74. The summed E-state index contributed by atoms with van der Waals surface area (Å²) in [6, 6.07) is 1.41. The van der Waals surface area contributed by atoms with Gasteiger partial charge in [-0.2, -0.15) is 0 Å². The Morgan fingerprint density at radius 3 is 2.88 bits per heavy atom. The number of likely N-dealkylation sites (tertiary alicyclic amines) is 1. The first-order chi connectivity index (χ1) is 11.1. The van der Waals surface area contributed by atoms with E-state index in [2.05, 4.69) is 46.7 Å². The zero-order valence-electron chi connectivity index (χ0n) is 13.6. The number of carbonyl (C=O) groups is 1. The molecule has 0 aromatic carbocycles. The Morgan fingerprint density at radius 1 is 1.54 bits per heavy atom. The molecule has 4 rings (SSSR count). The number of thiophene rings is 1. The molecule has 0 unspecified atom stereocenters. The minimum Gasteiger partial charge on any atom is -0.465 e. The molecule has 1 saturated heterocycles. The van der Waals surface area contributed by atoms with Crippen LogP contribution in [-0.2, 0) is 0 Å². The maximum absolute atomic E-state index is 12.4. The van der Waals surface area contributed by atoms with Crippen LogP contribution in [0, 0.1) is 16.7 Å². The van der Waals surface area contributed by atoms with Crippen molar-refractivity contribution in [2.75, 3.05) is 6.54 Å². The Hall–Kier alpha value is -1.41. The number of nitrogens with one attached hydrogen (secondary N) is 1. The van der Waals surface area contributed by atoms with E-state index in [1.54, 1.807) is 0 Å². The van der Waals surface area contributed by atoms with Gasteiger partial charge in [-0.3, -0.25) is 9.69 Å². The standard InChI is InChI=1S/C16H18BrN3O3S/c1-15(2,3)16-5-7(16)6-20(14(22)23)11(16)12-18-8-4-9(17)24-10(8)13(21)19-12/h4,7,11H,5-6H2,1-3H3,(H,22,23)(H,18,19,21)/t7-,11-,16+/m1/s1. The molecule has 128 valence electrons. The van der Waals surface area contributed by atoms with Crippen LogP contribution >= 0.6 is 27.3 Å². The molecule has 1 amide bonds. The number of nitrogens with zero attached hydrogens (tertiary/aromatic N) is 2. The van der Waals surface area contributed by atoms with Gasteiger partial charge in [0.2, 0.25) is 0 Å². The molecule has 2 aliphatic rings. The Morgan fingerprint density at radius 2 is 2.25 bits per heavy atom. The highest BCUT2D eigenvalue weighted by molar-refractivity contribution is 9.11. The van der Waals surface area contributed by atoms with Crippen molar-refractivity contribution in [3.8, 4) is 0 Å². The van der Waals surface area contributed by atoms with Crippen LogP contribution in [0.3, 0.4) is 0 Å². The van der Waals surface area contributed by atoms with Gasteiger partial charge in [-0.1, -0.05) is 20.8 Å². The summed E-state index contributed by atoms with van der Waals surface area (Å²) in [6.07, 6.45) is 0.0186. The van der Waals surface area contributed by atoms with Crippen LogP contribution in [0.2, 0.25) is 0 Å². The molecule has 3 atom stereocenters. The van der Waals surface area contributed by atoms with E-state index in [9.17, 15) is 14.7 Å². The van der Waals surface area contributed by atoms with Crippen LogP contribution in [0.5, 0.6) is 0 Å². The molecule has 8 heteroatoms. The van der Waals surface area contributed by atoms with E-state index in [0.29, 0.717) is 28.5 Å². The molecule has 3 heterocycles. The number of amides is 1. The van der Waals surface area contributed by atoms with E-state index in [4.69, 9.17) is 0 Å². The van der Waals surface area contributed by atoms with Crippen LogP contribution in [0.4, 0.5) is 4.79 Å². The molecule has 0 bridgehead atoms. The molecular formula is C16H18BrN3O3S. The topological polar surface area (TPSA) is 86.3 Å². The van der Waals surface area contributed by atoms with E-state index in [1.165, 1.54) is 16.2 Å². The second-order valence-corrected chi connectivity index (χ2v) is 10.2. The van der Waals surface area contributed by atoms with Crippen molar-refractivity contribution in [3.63, 3.8) is 0 Å². The van der Waals surface area contributed by atoms with E-state index >= 15 is 0 Å². The molecule has 24 heavy (non-hydrogen) atoms. The third-order valence-corrected chi connectivity index (χ3v) is 7.27. The number of fused-ring (bicyclic) bond motifs is 2. The van der Waals surface area contributed by atoms with Crippen molar-refractivity contribution in [3.05, 3.63) is 26.0 Å². The molecule has 0 spiro atoms. The molecular weight excluding hydrogens is 394 g/mol. The van der Waals surface area contributed by atoms with Crippen LogP contribution in [0.15, 0.2) is 14.6 Å². The molecule has 2 N–H and O–H groups in total. The van der Waals surface area contributed by atoms with Crippen molar-refractivity contribution in [2.24, 2.45) is 16.7 Å². The summed E-state index contributed by atoms with van der Waals surface area (Å²) in [5, 5.41) is 9.65. The summed E-state index contributed by atoms with van der Waals surface area (Å²) >= 11 is 4.72. The summed E-state index contributed by atoms with van der Waals surface area (Å²) in [5.41, 5.74) is 0.172. The van der Waals surface area contributed by atoms with Gasteiger partial charge >= 0.3 is 6.09 Å². The molecule has 2 aromatic rings. The lowest BCUT2D eigenvalue weighted by molar-refractivity contribution is 0.0839. The fourth-order valence-electron chi connectivity index (χ4n) is 4.50. The maximum atomic E-state index is 12.4. The Kier molecular flexibility index (Phi) is 3.23. The number of H-pyrrole nitrogens is 1. The number of rotatable bonds is 1. The van der Waals surface area contributed by atoms with Gasteiger partial charge < -0.3 is 10.1 Å². The highest BCUT2D eigenvalue weighted by atomic mass is 79.9. The number of aromatic nitrogens is 2. The van der Waals surface area contributed by atoms with Crippen LogP contribution in [0.1, 0.15) is 39.1 Å². The van der Waals surface area contributed by atoms with Crippen LogP contribution in [0.25, 0.3) is 10.2 Å². The SMILES string of the molecule is CC(C)(C)[C@@]12C[C@@H]1CN(C(=O)O)[C@@H]2c1nc2cc(Br)sc2c(=O)[nH]1. The largest absolute Gasteiger partial charge is 0.465 e. The van der Waals surface area contributed by atoms with Gasteiger partial charge in [-0.25, -0.2) is 9.78 Å². The van der Waals surface area contributed by atoms with Crippen molar-refractivity contribution in [2.45, 2.75) is 33.2 Å². The average molecular weight is 412 g/mol. The second-order valence-electron chi connectivity index (χ2n) is 7.74. The van der Waals surface area contributed by atoms with Crippen molar-refractivity contribution in [1.29, 1.82) is 0 Å². The maximum Gasteiger partial charge on any atom is 0.407 e. The number of halogens is 1. The van der Waals surface area contributed by atoms with E-state index in [1.807, 2.05) is 6.07 Å². The molecule has 1 aliphatic heterocycles. The quantitative estimate of drug-likeness (QED) is 0.746. The number of carboxylic acid groups (broad SMARTS) is 1. The van der Waals surface area contributed by atoms with E-state index < -0.39 is 12.1 Å². The summed E-state index contributed by atoms with van der Waals surface area (Å²) in [4.78, 5) is 33.2. The minimum absolute atomic E-state index is 0.0741. The Bertz CT molecular complexity index is 915. The van der Waals surface area contributed by atoms with Gasteiger partial charge in [0.15, 0.2) is 0 Å². The van der Waals surface area contributed by atoms with E-state index in [-0.39, 0.29) is 16.4 Å². The first-order valence-corrected chi connectivity index (χ1v) is 9.45. The first kappa shape index (κ1) is 16.1. The fourth-order valence-corrected chi connectivity index (χ4v) is 5.92. The summed E-state index contributed by atoms with van der Waals surface area (Å²) in [5.74, 6) is 0.795. The van der Waals surface area contributed by atoms with Crippen molar-refractivity contribution < 1.29 is 9.90 Å². The Labute approximate surface area is 151 Å². The lowest BCUT2D eigenvalue weighted by Gasteiger charge is -2.37. The first-order valence-electron chi connectivity index (χ1n) is 7.84. The van der Waals surface area contributed by atoms with Gasteiger partial charge in [0, 0.05) is 12.0 Å². The molecule has 1 saturated carbocycles. The molecule has 0 radical (unpaired) electrons. The lowest BCUT2D eigenvalue weighted by atomic mass is 9.72. The average Bonchev–Trinajstić information content (AvgIpc) is 2.89. The molecule has 2 fully saturated rings. The predicted octanol–water partition coefficient (Wildman–Crippen LogP) is 3.83. The number of aromatic amines is 1. The highest BCUT2D eigenvalue weighted by Gasteiger charge is 2.72. The summed E-state index contributed by atoms with van der Waals surface area (Å²) in [7, 11) is 0. The third kappa shape index (κ3) is 2.02. The minimum atomic E-state index is -0.954. The zero-order chi connectivity index (χ0) is 17.4. The smallest absolute Gasteiger partial charge is 0.407 e. The fraction of sp³-hybridized carbons (Fsp3) is 0.562. The third-order valence-electron chi connectivity index (χ3n) is 5.64. The summed E-state index contributed by atoms with van der Waals surface area (Å²) in [6.45, 7) is 6.93. The predicted molar refractivity (Wildman–Crippen MR) is 95.4 cm³/mol. The van der Waals surface area contributed by atoms with Crippen molar-refractivity contribution in [1.82, 2.24) is 14.9 Å². The summed E-state index contributed by atoms with van der Waals surface area (Å²) < 4.78 is 1.40. The van der Waals surface area contributed by atoms with E-state index in [0.717, 1.165) is 10.2 Å². The Balaban J connectivity index is 1.91. The van der Waals surface area contributed by atoms with Gasteiger partial charge in [-0.05, 0) is 39.8 Å². The van der Waals surface area contributed by atoms with Crippen LogP contribution < -0.4 is 5.56 Å². The number of piperidine rings is 1. The second kappa shape index (κ2) is 4.82. The monoisotopic (exact) mass is 411 g/mol.